The van der Waals surface area contributed by atoms with Crippen LogP contribution in [0.1, 0.15) is 32.1 Å². The van der Waals surface area contributed by atoms with Crippen LogP contribution in [0.15, 0.2) is 82.3 Å². The SMILES string of the molecule is COC(=O)c1cc(-c2cnn(-c3c(Br)cc(C(F)(C(F)(F)F)C(F)(F)F)n3C)c2)ccc1Cl.Cn1c(C(F)(C(F)(F)F)C(F)(F)F)cc(Br)c1-n1cc(-c2ccc(Cl)c(C(=O)O)c2)cn1. The number of hydrogen-bond acceptors (Lipinski definition) is 5. The van der Waals surface area contributed by atoms with Crippen molar-refractivity contribution in [3.8, 4) is 33.9 Å². The fraction of sp³-hybridized carbons (Fsp3) is 0.243. The third kappa shape index (κ3) is 9.09. The average molecular weight is 1110 g/mol. The summed E-state index contributed by atoms with van der Waals surface area (Å²) in [6.07, 6.45) is -20.1. The number of aromatic nitrogens is 6. The van der Waals surface area contributed by atoms with Crippen LogP contribution in [-0.2, 0) is 30.2 Å². The lowest BCUT2D eigenvalue weighted by atomic mass is 10.0. The second-order valence-electron chi connectivity index (χ2n) is 13.4. The number of carboxylic acid groups (broad SMARTS) is 1. The van der Waals surface area contributed by atoms with E-state index in [4.69, 9.17) is 28.3 Å². The summed E-state index contributed by atoms with van der Waals surface area (Å²) in [6.45, 7) is 0. The third-order valence-corrected chi connectivity index (χ3v) is 11.2. The van der Waals surface area contributed by atoms with Gasteiger partial charge < -0.3 is 19.0 Å². The van der Waals surface area contributed by atoms with E-state index in [0.29, 0.717) is 38.0 Å². The summed E-state index contributed by atoms with van der Waals surface area (Å²) in [7, 11) is 2.83. The molecule has 0 saturated carbocycles. The Morgan fingerprint density at radius 1 is 0.585 bits per heavy atom. The fourth-order valence-corrected chi connectivity index (χ4v) is 7.94. The summed E-state index contributed by atoms with van der Waals surface area (Å²) < 4.78 is 194. The van der Waals surface area contributed by atoms with E-state index in [1.54, 1.807) is 0 Å². The van der Waals surface area contributed by atoms with Gasteiger partial charge in [0, 0.05) is 37.6 Å². The average Bonchev–Trinajstić information content (AvgIpc) is 3.99. The smallest absolute Gasteiger partial charge is 0.437 e. The number of carbonyl (C=O) groups excluding carboxylic acids is 1. The second-order valence-corrected chi connectivity index (χ2v) is 15.9. The van der Waals surface area contributed by atoms with Gasteiger partial charge in [0.25, 0.3) is 0 Å². The zero-order valence-electron chi connectivity index (χ0n) is 32.1. The molecule has 10 nitrogen and oxygen atoms in total. The van der Waals surface area contributed by atoms with Crippen LogP contribution in [0, 0.1) is 0 Å². The van der Waals surface area contributed by atoms with Gasteiger partial charge in [0.15, 0.2) is 0 Å². The summed E-state index contributed by atoms with van der Waals surface area (Å²) in [5.74, 6) is -2.65. The molecule has 0 radical (unpaired) electrons. The molecule has 0 amide bonds. The molecule has 0 atom stereocenters. The first-order chi connectivity index (χ1) is 29.7. The Bertz CT molecular complexity index is 2760. The van der Waals surface area contributed by atoms with Crippen LogP contribution in [0.3, 0.4) is 0 Å². The summed E-state index contributed by atoms with van der Waals surface area (Å²) in [5.41, 5.74) is -13.5. The Kier molecular flexibility index (Phi) is 13.8. The number of methoxy groups -OCH3 is 1. The lowest BCUT2D eigenvalue weighted by molar-refractivity contribution is -0.351. The molecule has 1 N–H and O–H groups in total. The molecule has 0 aliphatic rings. The number of hydrogen-bond donors (Lipinski definition) is 1. The highest BCUT2D eigenvalue weighted by atomic mass is 79.9. The van der Waals surface area contributed by atoms with Crippen molar-refractivity contribution in [3.05, 3.63) is 115 Å². The Labute approximate surface area is 381 Å². The number of ether oxygens (including phenoxy) is 1. The minimum absolute atomic E-state index is 0.0318. The van der Waals surface area contributed by atoms with Crippen molar-refractivity contribution < 1.29 is 80.9 Å². The standard InChI is InChI=1S/C19H12BrClF7N3O2.C18H10BrClF7N3O2/c1-30-14(17(22,18(23,24)25)19(26,27)28)6-12(20)15(30)31-8-10(7-29-31)9-3-4-13(21)11(5-9)16(32)33-2;1-29-13(16(21,17(22,23)24)18(25,26)27)5-11(19)14(29)30-7-9(6-28-30)8-2-3-12(20)10(4-8)15(31)32/h3-8H,1-2H3;2-7H,1H3,(H,31,32). The minimum atomic E-state index is -6.28. The summed E-state index contributed by atoms with van der Waals surface area (Å²) in [6, 6.07) is 9.04. The Hall–Kier alpha value is -5.08. The first-order valence-electron chi connectivity index (χ1n) is 17.1. The number of carboxylic acids is 1. The Morgan fingerprint density at radius 2 is 0.923 bits per heavy atom. The lowest BCUT2D eigenvalue weighted by Gasteiger charge is -2.30. The maximum absolute atomic E-state index is 14.6. The van der Waals surface area contributed by atoms with Gasteiger partial charge in [-0.3, -0.25) is 0 Å². The molecule has 4 heterocycles. The van der Waals surface area contributed by atoms with E-state index >= 15 is 0 Å². The van der Waals surface area contributed by atoms with Crippen molar-refractivity contribution in [1.82, 2.24) is 28.7 Å². The highest BCUT2D eigenvalue weighted by molar-refractivity contribution is 9.11. The van der Waals surface area contributed by atoms with Gasteiger partial charge in [-0.15, -0.1) is 0 Å². The molecule has 0 spiro atoms. The van der Waals surface area contributed by atoms with Gasteiger partial charge in [0.2, 0.25) is 0 Å². The number of carbonyl (C=O) groups is 2. The largest absolute Gasteiger partial charge is 0.478 e. The molecule has 0 bridgehead atoms. The molecule has 350 valence electrons. The summed E-state index contributed by atoms with van der Waals surface area (Å²) in [4.78, 5) is 23.1. The monoisotopic (exact) mass is 1110 g/mol. The van der Waals surface area contributed by atoms with Crippen molar-refractivity contribution in [2.45, 2.75) is 36.0 Å². The van der Waals surface area contributed by atoms with E-state index in [1.165, 1.54) is 61.2 Å². The Balaban J connectivity index is 0.000000244. The number of halogens is 18. The Morgan fingerprint density at radius 3 is 1.25 bits per heavy atom. The number of rotatable bonds is 8. The van der Waals surface area contributed by atoms with E-state index in [2.05, 4.69) is 46.8 Å². The van der Waals surface area contributed by atoms with E-state index in [1.807, 2.05) is 0 Å². The van der Waals surface area contributed by atoms with Crippen LogP contribution in [0.5, 0.6) is 0 Å². The van der Waals surface area contributed by atoms with E-state index < -0.39 is 59.4 Å². The molecule has 0 saturated heterocycles. The molecule has 28 heteroatoms. The van der Waals surface area contributed by atoms with Crippen LogP contribution in [0.4, 0.5) is 61.5 Å². The molecule has 6 aromatic rings. The van der Waals surface area contributed by atoms with Crippen LogP contribution in [-0.4, -0.2) is 77.6 Å². The highest BCUT2D eigenvalue weighted by Gasteiger charge is 2.76. The molecular weight excluding hydrogens is 1090 g/mol. The zero-order valence-corrected chi connectivity index (χ0v) is 36.8. The molecule has 0 aliphatic heterocycles. The minimum Gasteiger partial charge on any atom is -0.478 e. The van der Waals surface area contributed by atoms with E-state index in [9.17, 15) is 71.1 Å². The van der Waals surface area contributed by atoms with Gasteiger partial charge in [-0.25, -0.2) is 27.7 Å². The van der Waals surface area contributed by atoms with Crippen LogP contribution >= 0.6 is 55.1 Å². The molecule has 6 rings (SSSR count). The quantitative estimate of drug-likeness (QED) is 0.120. The zero-order chi connectivity index (χ0) is 49.2. The molecule has 65 heavy (non-hydrogen) atoms. The van der Waals surface area contributed by atoms with Crippen molar-refractivity contribution >= 4 is 67.0 Å². The fourth-order valence-electron chi connectivity index (χ4n) is 6.22. The van der Waals surface area contributed by atoms with Gasteiger partial charge in [-0.05, 0) is 79.4 Å². The van der Waals surface area contributed by atoms with Crippen molar-refractivity contribution in [1.29, 1.82) is 0 Å². The van der Waals surface area contributed by atoms with Gasteiger partial charge >= 0.3 is 48.0 Å². The van der Waals surface area contributed by atoms with Gasteiger partial charge in [-0.1, -0.05) is 35.3 Å². The van der Waals surface area contributed by atoms with E-state index in [0.717, 1.165) is 30.6 Å². The predicted molar refractivity (Wildman–Crippen MR) is 209 cm³/mol. The third-order valence-electron chi connectivity index (χ3n) is 9.41. The van der Waals surface area contributed by atoms with Crippen LogP contribution in [0.25, 0.3) is 33.9 Å². The first-order valence-corrected chi connectivity index (χ1v) is 19.4. The van der Waals surface area contributed by atoms with Crippen LogP contribution < -0.4 is 0 Å². The number of benzene rings is 2. The maximum Gasteiger partial charge on any atom is 0.437 e. The molecule has 0 fully saturated rings. The summed E-state index contributed by atoms with van der Waals surface area (Å²) in [5, 5.41) is 17.1. The predicted octanol–water partition coefficient (Wildman–Crippen LogP) is 12.7. The van der Waals surface area contributed by atoms with E-state index in [-0.39, 0.29) is 47.3 Å². The normalized spacial score (nSPS) is 12.9. The molecule has 0 unspecified atom stereocenters. The number of nitrogens with zero attached hydrogens (tertiary/aromatic N) is 6. The maximum atomic E-state index is 14.6. The molecule has 2 aromatic carbocycles. The molecule has 0 aliphatic carbocycles. The molecule has 4 aromatic heterocycles. The van der Waals surface area contributed by atoms with Gasteiger partial charge in [0.1, 0.15) is 11.6 Å². The lowest BCUT2D eigenvalue weighted by Crippen LogP contribution is -2.51. The highest BCUT2D eigenvalue weighted by Crippen LogP contribution is 2.55. The number of alkyl halides is 14. The van der Waals surface area contributed by atoms with Crippen molar-refractivity contribution in [2.24, 2.45) is 14.1 Å². The molecular formula is C37H22Br2Cl2F14N6O4. The first kappa shape index (κ1) is 50.9. The topological polar surface area (TPSA) is 109 Å². The van der Waals surface area contributed by atoms with Crippen molar-refractivity contribution in [3.63, 3.8) is 0 Å². The van der Waals surface area contributed by atoms with Gasteiger partial charge in [-0.2, -0.15) is 62.9 Å². The second kappa shape index (κ2) is 17.6. The summed E-state index contributed by atoms with van der Waals surface area (Å²) >= 11 is 17.5. The van der Waals surface area contributed by atoms with Gasteiger partial charge in [0.05, 0.1) is 61.0 Å². The number of esters is 1. The van der Waals surface area contributed by atoms with Crippen molar-refractivity contribution in [2.75, 3.05) is 7.11 Å². The van der Waals surface area contributed by atoms with Crippen LogP contribution in [0.2, 0.25) is 10.0 Å². The number of aromatic carboxylic acids is 1.